The number of ketones is 1. The molecule has 16 heavy (non-hydrogen) atoms. The molecule has 1 aromatic rings. The first kappa shape index (κ1) is 12.6. The van der Waals surface area contributed by atoms with Crippen LogP contribution >= 0.6 is 23.2 Å². The van der Waals surface area contributed by atoms with Gasteiger partial charge in [-0.2, -0.15) is 5.26 Å². The molecule has 0 unspecified atom stereocenters. The molecule has 0 aliphatic heterocycles. The number of aliphatic hydroxyl groups is 1. The van der Waals surface area contributed by atoms with Gasteiger partial charge in [-0.1, -0.05) is 23.2 Å². The van der Waals surface area contributed by atoms with E-state index in [9.17, 15) is 9.90 Å². The van der Waals surface area contributed by atoms with E-state index >= 15 is 0 Å². The molecule has 0 heterocycles. The zero-order chi connectivity index (χ0) is 12.3. The van der Waals surface area contributed by atoms with E-state index < -0.39 is 11.5 Å². The van der Waals surface area contributed by atoms with Crippen molar-refractivity contribution in [2.75, 3.05) is 0 Å². The summed E-state index contributed by atoms with van der Waals surface area (Å²) in [6, 6.07) is 6.03. The summed E-state index contributed by atoms with van der Waals surface area (Å²) in [6.07, 6.45) is 0. The van der Waals surface area contributed by atoms with E-state index in [2.05, 4.69) is 0 Å². The summed E-state index contributed by atoms with van der Waals surface area (Å²) in [4.78, 5) is 11.1. The van der Waals surface area contributed by atoms with Crippen molar-refractivity contribution in [3.8, 4) is 6.07 Å². The molecule has 0 bridgehead atoms. The molecule has 1 aromatic carbocycles. The Kier molecular flexibility index (Phi) is 3.94. The second kappa shape index (κ2) is 5.02. The van der Waals surface area contributed by atoms with Gasteiger partial charge < -0.3 is 5.11 Å². The molecule has 1 rings (SSSR count). The number of benzene rings is 1. The van der Waals surface area contributed by atoms with E-state index in [1.54, 1.807) is 12.1 Å². The second-order valence-corrected chi connectivity index (χ2v) is 3.86. The first-order valence-electron chi connectivity index (χ1n) is 4.27. The number of nitriles is 1. The van der Waals surface area contributed by atoms with Crippen molar-refractivity contribution in [3.05, 3.63) is 39.4 Å². The van der Waals surface area contributed by atoms with E-state index in [0.29, 0.717) is 5.02 Å². The van der Waals surface area contributed by atoms with Gasteiger partial charge in [0.2, 0.25) is 0 Å². The number of carbonyl (C=O) groups excluding carboxylic acids is 1. The van der Waals surface area contributed by atoms with E-state index in [-0.39, 0.29) is 16.2 Å². The third kappa shape index (κ3) is 2.54. The SMILES string of the molecule is CC(=O)/C(C#N)=C(/O)c1cc(Cl)ccc1Cl. The molecule has 0 atom stereocenters. The fourth-order valence-electron chi connectivity index (χ4n) is 1.11. The van der Waals surface area contributed by atoms with Crippen molar-refractivity contribution in [3.63, 3.8) is 0 Å². The topological polar surface area (TPSA) is 61.1 Å². The lowest BCUT2D eigenvalue weighted by Gasteiger charge is -2.05. The molecule has 1 N–H and O–H groups in total. The maximum Gasteiger partial charge on any atom is 0.174 e. The van der Waals surface area contributed by atoms with Crippen LogP contribution in [-0.4, -0.2) is 10.9 Å². The molecular weight excluding hydrogens is 249 g/mol. The minimum absolute atomic E-state index is 0.168. The van der Waals surface area contributed by atoms with Gasteiger partial charge in [0.05, 0.1) is 5.02 Å². The fraction of sp³-hybridized carbons (Fsp3) is 0.0909. The molecule has 0 radical (unpaired) electrons. The van der Waals surface area contributed by atoms with Crippen LogP contribution in [0.3, 0.4) is 0 Å². The average Bonchev–Trinajstić information content (AvgIpc) is 2.22. The number of Topliss-reactive ketones (excluding diaryl/α,β-unsaturated/α-hetero) is 1. The highest BCUT2D eigenvalue weighted by molar-refractivity contribution is 6.34. The van der Waals surface area contributed by atoms with Crippen molar-refractivity contribution < 1.29 is 9.90 Å². The monoisotopic (exact) mass is 255 g/mol. The highest BCUT2D eigenvalue weighted by atomic mass is 35.5. The van der Waals surface area contributed by atoms with Crippen LogP contribution in [0.1, 0.15) is 12.5 Å². The smallest absolute Gasteiger partial charge is 0.174 e. The Hall–Kier alpha value is -1.50. The maximum absolute atomic E-state index is 11.1. The molecule has 0 fully saturated rings. The van der Waals surface area contributed by atoms with Crippen molar-refractivity contribution in [2.45, 2.75) is 6.92 Å². The first-order valence-corrected chi connectivity index (χ1v) is 5.02. The van der Waals surface area contributed by atoms with E-state index in [1.165, 1.54) is 19.1 Å². The van der Waals surface area contributed by atoms with Gasteiger partial charge in [0, 0.05) is 17.5 Å². The average molecular weight is 256 g/mol. The lowest BCUT2D eigenvalue weighted by molar-refractivity contribution is -0.113. The molecule has 0 saturated heterocycles. The third-order valence-electron chi connectivity index (χ3n) is 1.88. The van der Waals surface area contributed by atoms with Gasteiger partial charge >= 0.3 is 0 Å². The molecule has 0 aliphatic carbocycles. The van der Waals surface area contributed by atoms with Crippen LogP contribution in [0, 0.1) is 11.3 Å². The Morgan fingerprint density at radius 2 is 2.06 bits per heavy atom. The van der Waals surface area contributed by atoms with Crippen molar-refractivity contribution in [2.24, 2.45) is 0 Å². The summed E-state index contributed by atoms with van der Waals surface area (Å²) >= 11 is 11.6. The summed E-state index contributed by atoms with van der Waals surface area (Å²) < 4.78 is 0. The molecule has 0 aliphatic rings. The Labute approximate surface area is 103 Å². The number of nitrogens with zero attached hydrogens (tertiary/aromatic N) is 1. The van der Waals surface area contributed by atoms with Crippen LogP contribution in [0.5, 0.6) is 0 Å². The van der Waals surface area contributed by atoms with Crippen LogP contribution in [0.25, 0.3) is 5.76 Å². The summed E-state index contributed by atoms with van der Waals surface area (Å²) in [6.45, 7) is 1.19. The minimum atomic E-state index is -0.531. The first-order chi connectivity index (χ1) is 7.47. The molecule has 0 aromatic heterocycles. The van der Waals surface area contributed by atoms with Crippen LogP contribution in [0.2, 0.25) is 10.0 Å². The molecule has 0 saturated carbocycles. The van der Waals surface area contributed by atoms with E-state index in [0.717, 1.165) is 0 Å². The number of hydrogen-bond donors (Lipinski definition) is 1. The zero-order valence-corrected chi connectivity index (χ0v) is 9.80. The number of hydrogen-bond acceptors (Lipinski definition) is 3. The van der Waals surface area contributed by atoms with Gasteiger partial charge in [-0.15, -0.1) is 0 Å². The van der Waals surface area contributed by atoms with E-state index in [1.807, 2.05) is 0 Å². The maximum atomic E-state index is 11.1. The van der Waals surface area contributed by atoms with Gasteiger partial charge in [0.1, 0.15) is 17.4 Å². The number of halogens is 2. The Morgan fingerprint density at radius 3 is 2.56 bits per heavy atom. The van der Waals surface area contributed by atoms with Crippen LogP contribution in [-0.2, 0) is 4.79 Å². The Balaban J connectivity index is 3.44. The molecule has 0 amide bonds. The molecular formula is C11H7Cl2NO2. The highest BCUT2D eigenvalue weighted by Gasteiger charge is 2.15. The van der Waals surface area contributed by atoms with E-state index in [4.69, 9.17) is 28.5 Å². The second-order valence-electron chi connectivity index (χ2n) is 3.02. The normalized spacial score (nSPS) is 11.6. The lowest BCUT2D eigenvalue weighted by Crippen LogP contribution is -1.99. The number of rotatable bonds is 2. The number of carbonyl (C=O) groups is 1. The Morgan fingerprint density at radius 1 is 1.44 bits per heavy atom. The summed E-state index contributed by atoms with van der Waals surface area (Å²) in [5.74, 6) is -0.987. The van der Waals surface area contributed by atoms with Gasteiger partial charge in [-0.25, -0.2) is 0 Å². The fourth-order valence-corrected chi connectivity index (χ4v) is 1.49. The number of aliphatic hydroxyl groups excluding tert-OH is 1. The Bertz CT molecular complexity index is 515. The zero-order valence-electron chi connectivity index (χ0n) is 8.29. The van der Waals surface area contributed by atoms with Gasteiger partial charge in [0.25, 0.3) is 0 Å². The predicted molar refractivity (Wildman–Crippen MR) is 62.3 cm³/mol. The molecule has 82 valence electrons. The van der Waals surface area contributed by atoms with Gasteiger partial charge in [-0.05, 0) is 18.2 Å². The predicted octanol–water partition coefficient (Wildman–Crippen LogP) is 3.38. The van der Waals surface area contributed by atoms with Crippen molar-refractivity contribution in [1.29, 1.82) is 5.26 Å². The highest BCUT2D eigenvalue weighted by Crippen LogP contribution is 2.27. The summed E-state index contributed by atoms with van der Waals surface area (Å²) in [7, 11) is 0. The number of allylic oxidation sites excluding steroid dienone is 1. The van der Waals surface area contributed by atoms with Gasteiger partial charge in [-0.3, -0.25) is 4.79 Å². The lowest BCUT2D eigenvalue weighted by atomic mass is 10.1. The molecule has 5 heteroatoms. The van der Waals surface area contributed by atoms with Gasteiger partial charge in [0.15, 0.2) is 5.78 Å². The minimum Gasteiger partial charge on any atom is -0.506 e. The summed E-state index contributed by atoms with van der Waals surface area (Å²) in [5.41, 5.74) is -0.176. The largest absolute Gasteiger partial charge is 0.506 e. The van der Waals surface area contributed by atoms with Crippen molar-refractivity contribution >= 4 is 34.7 Å². The quantitative estimate of drug-likeness (QED) is 0.501. The standard InChI is InChI=1S/C11H7Cl2NO2/c1-6(15)9(5-14)11(16)8-4-7(12)2-3-10(8)13/h2-4,16H,1H3/b11-9+. The summed E-state index contributed by atoms with van der Waals surface area (Å²) in [5, 5.41) is 19.0. The van der Waals surface area contributed by atoms with Crippen LogP contribution < -0.4 is 0 Å². The molecule has 3 nitrogen and oxygen atoms in total. The third-order valence-corrected chi connectivity index (χ3v) is 2.45. The van der Waals surface area contributed by atoms with Crippen LogP contribution in [0.15, 0.2) is 23.8 Å². The van der Waals surface area contributed by atoms with Crippen molar-refractivity contribution in [1.82, 2.24) is 0 Å². The molecule has 0 spiro atoms. The van der Waals surface area contributed by atoms with Crippen LogP contribution in [0.4, 0.5) is 0 Å².